The van der Waals surface area contributed by atoms with Gasteiger partial charge >= 0.3 is 0 Å². The van der Waals surface area contributed by atoms with E-state index in [4.69, 9.17) is 19.4 Å². The molecule has 8 aromatic rings. The van der Waals surface area contributed by atoms with Gasteiger partial charge in [0.1, 0.15) is 28.4 Å². The molecular formula is C45H39N4O2Pt-. The number of aromatic hydroxyl groups is 1. The predicted octanol–water partition coefficient (Wildman–Crippen LogP) is 11.8. The Balaban J connectivity index is 0.00000420. The number of furan rings is 1. The number of pyridine rings is 1. The Morgan fingerprint density at radius 1 is 0.712 bits per heavy atom. The molecule has 5 aromatic carbocycles. The van der Waals surface area contributed by atoms with Crippen molar-refractivity contribution in [1.82, 2.24) is 15.0 Å². The Kier molecular flexibility index (Phi) is 9.00. The average Bonchev–Trinajstić information content (AvgIpc) is 3.50. The standard InChI is InChI=1S/C45H39N4O2.Pt/c1-44(2,3)30-26-34(41(50)35(27-30)45(4,5)6)40-42-39(33-20-9-10-22-37(33)51-42)47-43(48-40)29-17-13-18-31(25-29)49(38-23-11-12-24-46-38)36-21-14-16-28-15-7-8-19-32(28)36;/h7-24,26-27,50H,1-6H3;/q-1;. The van der Waals surface area contributed by atoms with Crippen LogP contribution < -0.4 is 4.90 Å². The van der Waals surface area contributed by atoms with Crippen LogP contribution in [0, 0.1) is 6.07 Å². The molecule has 0 aliphatic rings. The molecule has 0 spiro atoms. The van der Waals surface area contributed by atoms with Crippen LogP contribution in [-0.4, -0.2) is 20.1 Å². The van der Waals surface area contributed by atoms with Gasteiger partial charge in [0.25, 0.3) is 0 Å². The second-order valence-corrected chi connectivity index (χ2v) is 15.1. The molecule has 52 heavy (non-hydrogen) atoms. The first-order valence-corrected chi connectivity index (χ1v) is 17.3. The topological polar surface area (TPSA) is 75.3 Å². The van der Waals surface area contributed by atoms with Crippen molar-refractivity contribution in [3.05, 3.63) is 139 Å². The van der Waals surface area contributed by atoms with Crippen LogP contribution >= 0.6 is 0 Å². The Morgan fingerprint density at radius 3 is 2.17 bits per heavy atom. The number of rotatable bonds is 5. The van der Waals surface area contributed by atoms with Crippen molar-refractivity contribution < 1.29 is 30.6 Å². The normalized spacial score (nSPS) is 12.0. The molecule has 0 atom stereocenters. The zero-order valence-corrected chi connectivity index (χ0v) is 32.3. The molecule has 0 saturated carbocycles. The van der Waals surface area contributed by atoms with Gasteiger partial charge in [-0.05, 0) is 63.9 Å². The Morgan fingerprint density at radius 2 is 1.42 bits per heavy atom. The van der Waals surface area contributed by atoms with Crippen LogP contribution in [0.2, 0.25) is 0 Å². The van der Waals surface area contributed by atoms with E-state index in [1.807, 2.05) is 72.8 Å². The van der Waals surface area contributed by atoms with E-state index in [0.717, 1.165) is 44.5 Å². The van der Waals surface area contributed by atoms with Crippen molar-refractivity contribution in [2.24, 2.45) is 0 Å². The van der Waals surface area contributed by atoms with Crippen molar-refractivity contribution in [1.29, 1.82) is 0 Å². The minimum absolute atomic E-state index is 0. The molecule has 0 unspecified atom stereocenters. The molecule has 262 valence electrons. The van der Waals surface area contributed by atoms with Gasteiger partial charge in [-0.3, -0.25) is 9.97 Å². The van der Waals surface area contributed by atoms with Gasteiger partial charge in [0.05, 0.1) is 11.5 Å². The Hall–Kier alpha value is -5.32. The molecule has 1 N–H and O–H groups in total. The average molecular weight is 863 g/mol. The second kappa shape index (κ2) is 13.3. The van der Waals surface area contributed by atoms with Crippen LogP contribution in [0.3, 0.4) is 0 Å². The number of anilines is 3. The summed E-state index contributed by atoms with van der Waals surface area (Å²) in [5.74, 6) is 1.43. The summed E-state index contributed by atoms with van der Waals surface area (Å²) in [6.45, 7) is 12.9. The molecule has 0 radical (unpaired) electrons. The molecule has 6 nitrogen and oxygen atoms in total. The number of phenols is 1. The molecule has 8 rings (SSSR count). The number of fused-ring (bicyclic) bond motifs is 4. The maximum Gasteiger partial charge on any atom is 0.178 e. The molecule has 0 bridgehead atoms. The number of benzene rings is 5. The Bertz CT molecular complexity index is 2580. The van der Waals surface area contributed by atoms with Crippen molar-refractivity contribution in [2.75, 3.05) is 4.90 Å². The fourth-order valence-electron chi connectivity index (χ4n) is 6.70. The van der Waals surface area contributed by atoms with E-state index in [9.17, 15) is 5.11 Å². The molecule has 0 amide bonds. The van der Waals surface area contributed by atoms with E-state index in [0.29, 0.717) is 39.3 Å². The molecular weight excluding hydrogens is 824 g/mol. The summed E-state index contributed by atoms with van der Waals surface area (Å²) >= 11 is 0. The molecule has 0 aliphatic heterocycles. The van der Waals surface area contributed by atoms with E-state index >= 15 is 0 Å². The van der Waals surface area contributed by atoms with Gasteiger partial charge in [-0.25, -0.2) is 4.98 Å². The van der Waals surface area contributed by atoms with Crippen molar-refractivity contribution in [2.45, 2.75) is 52.4 Å². The minimum Gasteiger partial charge on any atom is -0.507 e. The second-order valence-electron chi connectivity index (χ2n) is 15.1. The van der Waals surface area contributed by atoms with Gasteiger partial charge in [-0.1, -0.05) is 102 Å². The van der Waals surface area contributed by atoms with Gasteiger partial charge in [0.15, 0.2) is 5.58 Å². The molecule has 0 aliphatic carbocycles. The number of nitrogens with zero attached hydrogens (tertiary/aromatic N) is 4. The summed E-state index contributed by atoms with van der Waals surface area (Å²) in [6, 6.07) is 42.2. The van der Waals surface area contributed by atoms with E-state index in [1.54, 1.807) is 6.20 Å². The molecule has 7 heteroatoms. The first-order chi connectivity index (χ1) is 24.5. The van der Waals surface area contributed by atoms with Crippen LogP contribution in [0.15, 0.2) is 126 Å². The number of hydrogen-bond donors (Lipinski definition) is 1. The quantitative estimate of drug-likeness (QED) is 0.174. The maximum atomic E-state index is 12.0. The zero-order chi connectivity index (χ0) is 35.5. The fraction of sp³-hybridized carbons (Fsp3) is 0.178. The predicted molar refractivity (Wildman–Crippen MR) is 208 cm³/mol. The SMILES string of the molecule is CC(C)(C)c1cc(-c2nc(-c3[c-]c(N(c4ccccn4)c4cccc5ccccc45)ccc3)nc3c2oc2ccccc23)c(O)c(C(C)(C)C)c1.[Pt]. The first kappa shape index (κ1) is 35.1. The van der Waals surface area contributed by atoms with Crippen LogP contribution in [0.25, 0.3) is 55.5 Å². The number of para-hydroxylation sites is 1. The summed E-state index contributed by atoms with van der Waals surface area (Å²) in [6.07, 6.45) is 1.80. The van der Waals surface area contributed by atoms with Gasteiger partial charge in [0, 0.05) is 49.2 Å². The summed E-state index contributed by atoms with van der Waals surface area (Å²) in [5.41, 5.74) is 6.99. The first-order valence-electron chi connectivity index (χ1n) is 17.3. The van der Waals surface area contributed by atoms with Gasteiger partial charge in [-0.2, -0.15) is 0 Å². The largest absolute Gasteiger partial charge is 0.507 e. The van der Waals surface area contributed by atoms with E-state index in [-0.39, 0.29) is 37.6 Å². The number of aromatic nitrogens is 3. The maximum absolute atomic E-state index is 12.0. The third kappa shape index (κ3) is 6.26. The minimum atomic E-state index is -0.318. The summed E-state index contributed by atoms with van der Waals surface area (Å²) in [5, 5.41) is 15.1. The van der Waals surface area contributed by atoms with Gasteiger partial charge < -0.3 is 14.4 Å². The van der Waals surface area contributed by atoms with Gasteiger partial charge in [-0.15, -0.1) is 29.8 Å². The van der Waals surface area contributed by atoms with Crippen LogP contribution in [0.1, 0.15) is 52.7 Å². The summed E-state index contributed by atoms with van der Waals surface area (Å²) in [4.78, 5) is 17.2. The van der Waals surface area contributed by atoms with Crippen molar-refractivity contribution >= 4 is 50.0 Å². The summed E-state index contributed by atoms with van der Waals surface area (Å²) in [7, 11) is 0. The van der Waals surface area contributed by atoms with Gasteiger partial charge in [0.2, 0.25) is 0 Å². The van der Waals surface area contributed by atoms with Crippen LogP contribution in [0.4, 0.5) is 17.2 Å². The molecule has 0 fully saturated rings. The monoisotopic (exact) mass is 862 g/mol. The smallest absolute Gasteiger partial charge is 0.178 e. The molecule has 3 heterocycles. The van der Waals surface area contributed by atoms with E-state index in [1.165, 1.54) is 0 Å². The van der Waals surface area contributed by atoms with E-state index < -0.39 is 0 Å². The molecule has 0 saturated heterocycles. The van der Waals surface area contributed by atoms with Crippen molar-refractivity contribution in [3.8, 4) is 28.4 Å². The van der Waals surface area contributed by atoms with Crippen LogP contribution in [0.5, 0.6) is 5.75 Å². The van der Waals surface area contributed by atoms with Crippen LogP contribution in [-0.2, 0) is 31.9 Å². The molecule has 3 aromatic heterocycles. The third-order valence-corrected chi connectivity index (χ3v) is 9.41. The zero-order valence-electron chi connectivity index (χ0n) is 30.0. The number of phenolic OH excluding ortho intramolecular Hbond substituents is 1. The number of hydrogen-bond acceptors (Lipinski definition) is 6. The fourth-order valence-corrected chi connectivity index (χ4v) is 6.70. The van der Waals surface area contributed by atoms with E-state index in [2.05, 4.69) is 95.0 Å². The third-order valence-electron chi connectivity index (χ3n) is 9.41. The summed E-state index contributed by atoms with van der Waals surface area (Å²) < 4.78 is 6.49. The van der Waals surface area contributed by atoms with Crippen molar-refractivity contribution in [3.63, 3.8) is 0 Å². The Labute approximate surface area is 318 Å².